The Balaban J connectivity index is 1.44. The number of hydrogen-bond acceptors (Lipinski definition) is 4. The molecule has 4 nitrogen and oxygen atoms in total. The molecule has 4 heteroatoms. The van der Waals surface area contributed by atoms with Gasteiger partial charge in [-0.1, -0.05) is 36.8 Å². The van der Waals surface area contributed by atoms with E-state index in [0.717, 1.165) is 25.7 Å². The minimum atomic E-state index is -0.0316. The molecule has 0 N–H and O–H groups in total. The van der Waals surface area contributed by atoms with E-state index in [4.69, 9.17) is 4.42 Å². The van der Waals surface area contributed by atoms with Crippen LogP contribution in [-0.4, -0.2) is 15.8 Å². The van der Waals surface area contributed by atoms with Gasteiger partial charge in [-0.15, -0.1) is 0 Å². The molecule has 1 aromatic carbocycles. The number of nitrogens with zero attached hydrogens (tertiary/aromatic N) is 2. The van der Waals surface area contributed by atoms with Crippen LogP contribution in [0.5, 0.6) is 0 Å². The molecule has 0 aliphatic rings. The van der Waals surface area contributed by atoms with Gasteiger partial charge in [0.05, 0.1) is 6.20 Å². The first kappa shape index (κ1) is 14.4. The number of ketones is 1. The largest absolute Gasteiger partial charge is 0.434 e. The Hall–Kier alpha value is -2.49. The molecule has 2 aromatic heterocycles. The third-order valence-electron chi connectivity index (χ3n) is 3.64. The van der Waals surface area contributed by atoms with Crippen LogP contribution in [0.3, 0.4) is 0 Å². The number of carbonyl (C=O) groups is 1. The van der Waals surface area contributed by atoms with Crippen molar-refractivity contribution in [2.75, 3.05) is 0 Å². The van der Waals surface area contributed by atoms with Crippen molar-refractivity contribution in [2.45, 2.75) is 32.1 Å². The average Bonchev–Trinajstić information content (AvgIpc) is 2.99. The fraction of sp³-hybridized carbons (Fsp3) is 0.278. The van der Waals surface area contributed by atoms with Crippen LogP contribution >= 0.6 is 0 Å². The maximum atomic E-state index is 12.1. The van der Waals surface area contributed by atoms with Crippen LogP contribution in [0.4, 0.5) is 0 Å². The van der Waals surface area contributed by atoms with Crippen LogP contribution in [0.15, 0.2) is 53.2 Å². The molecule has 0 aliphatic carbocycles. The molecule has 22 heavy (non-hydrogen) atoms. The predicted molar refractivity (Wildman–Crippen MR) is 84.7 cm³/mol. The topological polar surface area (TPSA) is 56.0 Å². The number of unbranched alkanes of at least 4 members (excludes halogenated alkanes) is 2. The molecule has 0 radical (unpaired) electrons. The number of hydrogen-bond donors (Lipinski definition) is 0. The first-order valence-corrected chi connectivity index (χ1v) is 7.60. The van der Waals surface area contributed by atoms with Crippen molar-refractivity contribution in [3.63, 3.8) is 0 Å². The Morgan fingerprint density at radius 3 is 2.73 bits per heavy atom. The van der Waals surface area contributed by atoms with Crippen LogP contribution in [-0.2, 0) is 6.42 Å². The van der Waals surface area contributed by atoms with Crippen molar-refractivity contribution >= 4 is 16.9 Å². The van der Waals surface area contributed by atoms with Crippen LogP contribution in [0, 0.1) is 0 Å². The normalized spacial score (nSPS) is 10.9. The number of rotatable bonds is 7. The summed E-state index contributed by atoms with van der Waals surface area (Å²) in [4.78, 5) is 20.2. The summed E-state index contributed by atoms with van der Waals surface area (Å²) in [5.74, 6) is 0.168. The third kappa shape index (κ3) is 3.58. The van der Waals surface area contributed by atoms with Gasteiger partial charge < -0.3 is 4.42 Å². The Bertz CT molecular complexity index is 717. The molecular formula is C18H18N2O2. The lowest BCUT2D eigenvalue weighted by atomic mass is 10.1. The summed E-state index contributed by atoms with van der Waals surface area (Å²) in [5, 5.41) is 0. The highest BCUT2D eigenvalue weighted by Crippen LogP contribution is 2.16. The number of aryl methyl sites for hydroxylation is 1. The fourth-order valence-electron chi connectivity index (χ4n) is 2.44. The molecule has 3 aromatic rings. The lowest BCUT2D eigenvalue weighted by molar-refractivity contribution is 0.0947. The molecule has 0 bridgehead atoms. The SMILES string of the molecule is O=C(CCCCCc1ccccc1)c1nc2cnccc2o1. The van der Waals surface area contributed by atoms with Gasteiger partial charge in [-0.05, 0) is 24.8 Å². The monoisotopic (exact) mass is 294 g/mol. The predicted octanol–water partition coefficient (Wildman–Crippen LogP) is 4.21. The number of Topliss-reactive ketones (excluding diaryl/α,β-unsaturated/α-hetero) is 1. The number of oxazole rings is 1. The molecule has 3 rings (SSSR count). The summed E-state index contributed by atoms with van der Waals surface area (Å²) in [5.41, 5.74) is 2.60. The summed E-state index contributed by atoms with van der Waals surface area (Å²) in [7, 11) is 0. The van der Waals surface area contributed by atoms with Crippen molar-refractivity contribution in [1.29, 1.82) is 0 Å². The van der Waals surface area contributed by atoms with Crippen molar-refractivity contribution in [2.24, 2.45) is 0 Å². The highest BCUT2D eigenvalue weighted by atomic mass is 16.4. The van der Waals surface area contributed by atoms with Crippen LogP contribution in [0.2, 0.25) is 0 Å². The van der Waals surface area contributed by atoms with E-state index in [1.807, 2.05) is 6.07 Å². The number of pyridine rings is 1. The number of carbonyl (C=O) groups excluding carboxylic acids is 1. The molecule has 0 unspecified atom stereocenters. The van der Waals surface area contributed by atoms with Crippen molar-refractivity contribution in [3.8, 4) is 0 Å². The van der Waals surface area contributed by atoms with Gasteiger partial charge >= 0.3 is 0 Å². The third-order valence-corrected chi connectivity index (χ3v) is 3.64. The summed E-state index contributed by atoms with van der Waals surface area (Å²) in [6, 6.07) is 12.1. The zero-order valence-electron chi connectivity index (χ0n) is 12.4. The maximum absolute atomic E-state index is 12.1. The maximum Gasteiger partial charge on any atom is 0.264 e. The molecule has 112 valence electrons. The molecule has 0 spiro atoms. The van der Waals surface area contributed by atoms with E-state index in [2.05, 4.69) is 34.2 Å². The number of benzene rings is 1. The van der Waals surface area contributed by atoms with Crippen molar-refractivity contribution in [1.82, 2.24) is 9.97 Å². The Morgan fingerprint density at radius 2 is 1.91 bits per heavy atom. The van der Waals surface area contributed by atoms with Gasteiger partial charge in [0, 0.05) is 18.7 Å². The Labute approximate surface area is 129 Å². The van der Waals surface area contributed by atoms with Gasteiger partial charge in [-0.25, -0.2) is 4.98 Å². The average molecular weight is 294 g/mol. The lowest BCUT2D eigenvalue weighted by Gasteiger charge is -2.00. The minimum Gasteiger partial charge on any atom is -0.434 e. The highest BCUT2D eigenvalue weighted by molar-refractivity contribution is 5.93. The standard InChI is InChI=1S/C18H18N2O2/c21-16(18-20-15-13-19-12-11-17(15)22-18)10-6-2-5-9-14-7-3-1-4-8-14/h1,3-4,7-8,11-13H,2,5-6,9-10H2. The lowest BCUT2D eigenvalue weighted by Crippen LogP contribution is -1.99. The first-order valence-electron chi connectivity index (χ1n) is 7.60. The van der Waals surface area contributed by atoms with Gasteiger partial charge in [0.2, 0.25) is 5.78 Å². The van der Waals surface area contributed by atoms with Crippen LogP contribution in [0.25, 0.3) is 11.1 Å². The molecule has 0 aliphatic heterocycles. The van der Waals surface area contributed by atoms with Crippen LogP contribution in [0.1, 0.15) is 41.9 Å². The Morgan fingerprint density at radius 1 is 1.05 bits per heavy atom. The second-order valence-electron chi connectivity index (χ2n) is 5.33. The van der Waals surface area contributed by atoms with Crippen LogP contribution < -0.4 is 0 Å². The summed E-state index contributed by atoms with van der Waals surface area (Å²) < 4.78 is 5.46. The summed E-state index contributed by atoms with van der Waals surface area (Å²) in [6.45, 7) is 0. The zero-order valence-corrected chi connectivity index (χ0v) is 12.4. The smallest absolute Gasteiger partial charge is 0.264 e. The van der Waals surface area contributed by atoms with Crippen molar-refractivity contribution < 1.29 is 9.21 Å². The molecule has 0 fully saturated rings. The van der Waals surface area contributed by atoms with E-state index in [0.29, 0.717) is 17.5 Å². The number of aromatic nitrogens is 2. The quantitative estimate of drug-likeness (QED) is 0.484. The molecular weight excluding hydrogens is 276 g/mol. The van der Waals surface area contributed by atoms with Gasteiger partial charge in [0.15, 0.2) is 5.58 Å². The minimum absolute atomic E-state index is 0.0316. The van der Waals surface area contributed by atoms with E-state index >= 15 is 0 Å². The van der Waals surface area contributed by atoms with E-state index in [9.17, 15) is 4.79 Å². The van der Waals surface area contributed by atoms with Gasteiger partial charge in [-0.2, -0.15) is 0 Å². The summed E-state index contributed by atoms with van der Waals surface area (Å²) >= 11 is 0. The highest BCUT2D eigenvalue weighted by Gasteiger charge is 2.13. The molecule has 2 heterocycles. The first-order chi connectivity index (χ1) is 10.8. The van der Waals surface area contributed by atoms with Gasteiger partial charge in [0.25, 0.3) is 5.89 Å². The number of fused-ring (bicyclic) bond motifs is 1. The second-order valence-corrected chi connectivity index (χ2v) is 5.33. The van der Waals surface area contributed by atoms with E-state index < -0.39 is 0 Å². The van der Waals surface area contributed by atoms with E-state index in [-0.39, 0.29) is 11.7 Å². The van der Waals surface area contributed by atoms with E-state index in [1.54, 1.807) is 18.5 Å². The fourth-order valence-corrected chi connectivity index (χ4v) is 2.44. The molecule has 0 saturated heterocycles. The second kappa shape index (κ2) is 6.98. The van der Waals surface area contributed by atoms with E-state index in [1.165, 1.54) is 5.56 Å². The van der Waals surface area contributed by atoms with Gasteiger partial charge in [-0.3, -0.25) is 9.78 Å². The molecule has 0 amide bonds. The summed E-state index contributed by atoms with van der Waals surface area (Å²) in [6.07, 6.45) is 7.76. The zero-order chi connectivity index (χ0) is 15.2. The van der Waals surface area contributed by atoms with Crippen molar-refractivity contribution in [3.05, 3.63) is 60.2 Å². The molecule has 0 atom stereocenters. The van der Waals surface area contributed by atoms with Gasteiger partial charge in [0.1, 0.15) is 5.52 Å². The Kier molecular flexibility index (Phi) is 4.59. The molecule has 0 saturated carbocycles.